The lowest BCUT2D eigenvalue weighted by Gasteiger charge is -2.37. The standard InChI is InChI=1S/C16H21N5O3/c22-14-3-1-7-20(14)8-2-4-19-15(23)12-10-21(11-12)16(24)13-9-17-5-6-18-13/h5-6,9,12H,1-4,7-8,10-11H2,(H,19,23). The largest absolute Gasteiger partial charge is 0.356 e. The maximum Gasteiger partial charge on any atom is 0.274 e. The molecule has 1 aromatic heterocycles. The van der Waals surface area contributed by atoms with Gasteiger partial charge in [0.2, 0.25) is 11.8 Å². The highest BCUT2D eigenvalue weighted by Gasteiger charge is 2.36. The first kappa shape index (κ1) is 16.4. The summed E-state index contributed by atoms with van der Waals surface area (Å²) in [6, 6.07) is 0. The van der Waals surface area contributed by atoms with Gasteiger partial charge < -0.3 is 15.1 Å². The Morgan fingerprint density at radius 2 is 2.12 bits per heavy atom. The average Bonchev–Trinajstić information content (AvgIpc) is 2.96. The summed E-state index contributed by atoms with van der Waals surface area (Å²) in [6.07, 6.45) is 6.75. The number of aromatic nitrogens is 2. The molecule has 3 heterocycles. The molecule has 8 nitrogen and oxygen atoms in total. The maximum absolute atomic E-state index is 12.1. The second-order valence-electron chi connectivity index (χ2n) is 6.13. The topological polar surface area (TPSA) is 95.5 Å². The molecule has 0 atom stereocenters. The van der Waals surface area contributed by atoms with E-state index in [0.717, 1.165) is 19.4 Å². The van der Waals surface area contributed by atoms with Crippen molar-refractivity contribution in [3.63, 3.8) is 0 Å². The molecule has 2 fully saturated rings. The predicted octanol–water partition coefficient (Wildman–Crippen LogP) is -0.323. The summed E-state index contributed by atoms with van der Waals surface area (Å²) >= 11 is 0. The second kappa shape index (κ2) is 7.37. The van der Waals surface area contributed by atoms with Crippen LogP contribution < -0.4 is 5.32 Å². The van der Waals surface area contributed by atoms with Gasteiger partial charge in [-0.2, -0.15) is 0 Å². The summed E-state index contributed by atoms with van der Waals surface area (Å²) in [4.78, 5) is 46.9. The normalized spacial score (nSPS) is 17.8. The van der Waals surface area contributed by atoms with Crippen molar-refractivity contribution < 1.29 is 14.4 Å². The van der Waals surface area contributed by atoms with Gasteiger partial charge in [0.15, 0.2) is 0 Å². The zero-order valence-electron chi connectivity index (χ0n) is 13.5. The molecule has 2 saturated heterocycles. The molecule has 0 saturated carbocycles. The molecule has 3 rings (SSSR count). The quantitative estimate of drug-likeness (QED) is 0.721. The number of rotatable bonds is 6. The smallest absolute Gasteiger partial charge is 0.274 e. The summed E-state index contributed by atoms with van der Waals surface area (Å²) in [7, 11) is 0. The van der Waals surface area contributed by atoms with E-state index >= 15 is 0 Å². The lowest BCUT2D eigenvalue weighted by molar-refractivity contribution is -0.128. The third kappa shape index (κ3) is 3.69. The third-order valence-corrected chi connectivity index (χ3v) is 4.40. The van der Waals surface area contributed by atoms with Crippen LogP contribution in [0.1, 0.15) is 29.8 Å². The van der Waals surface area contributed by atoms with Crippen molar-refractivity contribution in [1.82, 2.24) is 25.1 Å². The Morgan fingerprint density at radius 1 is 1.29 bits per heavy atom. The van der Waals surface area contributed by atoms with Crippen LogP contribution in [0.2, 0.25) is 0 Å². The first-order chi connectivity index (χ1) is 11.6. The minimum absolute atomic E-state index is 0.0362. The molecule has 2 aliphatic rings. The Labute approximate surface area is 140 Å². The summed E-state index contributed by atoms with van der Waals surface area (Å²) in [5.74, 6) is -0.192. The Balaban J connectivity index is 1.33. The molecule has 1 aromatic rings. The van der Waals surface area contributed by atoms with Gasteiger partial charge in [-0.05, 0) is 12.8 Å². The van der Waals surface area contributed by atoms with Crippen LogP contribution in [0.3, 0.4) is 0 Å². The van der Waals surface area contributed by atoms with Crippen LogP contribution in [0.15, 0.2) is 18.6 Å². The zero-order chi connectivity index (χ0) is 16.9. The first-order valence-electron chi connectivity index (χ1n) is 8.26. The SMILES string of the molecule is O=C(NCCCN1CCCC1=O)C1CN(C(=O)c2cnccn2)C1. The zero-order valence-corrected chi connectivity index (χ0v) is 13.5. The lowest BCUT2D eigenvalue weighted by Crippen LogP contribution is -2.56. The van der Waals surface area contributed by atoms with Gasteiger partial charge in [0.1, 0.15) is 5.69 Å². The molecule has 0 radical (unpaired) electrons. The Bertz CT molecular complexity index is 615. The van der Waals surface area contributed by atoms with Gasteiger partial charge in [-0.3, -0.25) is 19.4 Å². The van der Waals surface area contributed by atoms with Crippen LogP contribution in [0, 0.1) is 5.92 Å². The fraction of sp³-hybridized carbons (Fsp3) is 0.562. The highest BCUT2D eigenvalue weighted by Crippen LogP contribution is 2.18. The summed E-state index contributed by atoms with van der Waals surface area (Å²) < 4.78 is 0. The van der Waals surface area contributed by atoms with Gasteiger partial charge in [0, 0.05) is 51.5 Å². The summed E-state index contributed by atoms with van der Waals surface area (Å²) in [5.41, 5.74) is 0.298. The molecule has 128 valence electrons. The van der Waals surface area contributed by atoms with Gasteiger partial charge in [-0.1, -0.05) is 0 Å². The van der Waals surface area contributed by atoms with Crippen molar-refractivity contribution in [1.29, 1.82) is 0 Å². The van der Waals surface area contributed by atoms with Crippen LogP contribution in [0.4, 0.5) is 0 Å². The van der Waals surface area contributed by atoms with Crippen molar-refractivity contribution >= 4 is 17.7 Å². The minimum atomic E-state index is -0.195. The number of carbonyl (C=O) groups is 3. The number of hydrogen-bond acceptors (Lipinski definition) is 5. The van der Waals surface area contributed by atoms with Crippen molar-refractivity contribution in [3.8, 4) is 0 Å². The number of nitrogens with one attached hydrogen (secondary N) is 1. The Kier molecular flexibility index (Phi) is 5.02. The van der Waals surface area contributed by atoms with Crippen molar-refractivity contribution in [2.75, 3.05) is 32.7 Å². The number of amides is 3. The van der Waals surface area contributed by atoms with E-state index in [-0.39, 0.29) is 23.6 Å². The van der Waals surface area contributed by atoms with E-state index in [1.165, 1.54) is 18.6 Å². The van der Waals surface area contributed by atoms with E-state index in [9.17, 15) is 14.4 Å². The van der Waals surface area contributed by atoms with Gasteiger partial charge in [0.05, 0.1) is 12.1 Å². The molecule has 0 unspecified atom stereocenters. The van der Waals surface area contributed by atoms with E-state index in [4.69, 9.17) is 0 Å². The molecule has 0 bridgehead atoms. The molecule has 2 aliphatic heterocycles. The number of carbonyl (C=O) groups excluding carboxylic acids is 3. The van der Waals surface area contributed by atoms with Gasteiger partial charge >= 0.3 is 0 Å². The van der Waals surface area contributed by atoms with E-state index in [0.29, 0.717) is 38.3 Å². The number of nitrogens with zero attached hydrogens (tertiary/aromatic N) is 4. The van der Waals surface area contributed by atoms with Gasteiger partial charge in [-0.15, -0.1) is 0 Å². The molecule has 0 aromatic carbocycles. The molecule has 0 aliphatic carbocycles. The second-order valence-corrected chi connectivity index (χ2v) is 6.13. The van der Waals surface area contributed by atoms with Crippen LogP contribution in [-0.4, -0.2) is 70.2 Å². The van der Waals surface area contributed by atoms with E-state index in [2.05, 4.69) is 15.3 Å². The third-order valence-electron chi connectivity index (χ3n) is 4.40. The van der Waals surface area contributed by atoms with E-state index in [1.807, 2.05) is 4.90 Å². The maximum atomic E-state index is 12.1. The van der Waals surface area contributed by atoms with E-state index in [1.54, 1.807) is 4.90 Å². The summed E-state index contributed by atoms with van der Waals surface area (Å²) in [6.45, 7) is 2.89. The molecule has 8 heteroatoms. The molecule has 0 spiro atoms. The van der Waals surface area contributed by atoms with Crippen LogP contribution in [-0.2, 0) is 9.59 Å². The van der Waals surface area contributed by atoms with Crippen LogP contribution >= 0.6 is 0 Å². The Hall–Kier alpha value is -2.51. The highest BCUT2D eigenvalue weighted by atomic mass is 16.2. The predicted molar refractivity (Wildman–Crippen MR) is 84.9 cm³/mol. The molecular formula is C16H21N5O3. The highest BCUT2D eigenvalue weighted by molar-refractivity contribution is 5.94. The van der Waals surface area contributed by atoms with Crippen molar-refractivity contribution in [2.45, 2.75) is 19.3 Å². The van der Waals surface area contributed by atoms with Crippen molar-refractivity contribution in [3.05, 3.63) is 24.3 Å². The van der Waals surface area contributed by atoms with E-state index < -0.39 is 0 Å². The fourth-order valence-electron chi connectivity index (χ4n) is 2.95. The molecule has 3 amide bonds. The average molecular weight is 331 g/mol. The van der Waals surface area contributed by atoms with Crippen molar-refractivity contribution in [2.24, 2.45) is 5.92 Å². The minimum Gasteiger partial charge on any atom is -0.356 e. The molecule has 1 N–H and O–H groups in total. The number of hydrogen-bond donors (Lipinski definition) is 1. The number of likely N-dealkylation sites (tertiary alicyclic amines) is 2. The summed E-state index contributed by atoms with van der Waals surface area (Å²) in [5, 5.41) is 2.88. The van der Waals surface area contributed by atoms with Crippen LogP contribution in [0.5, 0.6) is 0 Å². The molecular weight excluding hydrogens is 310 g/mol. The first-order valence-corrected chi connectivity index (χ1v) is 8.26. The fourth-order valence-corrected chi connectivity index (χ4v) is 2.95. The monoisotopic (exact) mass is 331 g/mol. The lowest BCUT2D eigenvalue weighted by atomic mass is 9.98. The Morgan fingerprint density at radius 3 is 2.79 bits per heavy atom. The van der Waals surface area contributed by atoms with Gasteiger partial charge in [-0.25, -0.2) is 4.98 Å². The molecule has 24 heavy (non-hydrogen) atoms. The van der Waals surface area contributed by atoms with Gasteiger partial charge in [0.25, 0.3) is 5.91 Å². The van der Waals surface area contributed by atoms with Crippen LogP contribution in [0.25, 0.3) is 0 Å².